The fourth-order valence-electron chi connectivity index (χ4n) is 4.20. The number of methoxy groups -OCH3 is 1. The maximum Gasteiger partial charge on any atom is 0.323 e. The molecule has 0 aliphatic heterocycles. The first-order chi connectivity index (χ1) is 20.7. The second-order valence-corrected chi connectivity index (χ2v) is 10.5. The molecular formula is C31H31N5O6S. The first-order valence-electron chi connectivity index (χ1n) is 13.3. The lowest BCUT2D eigenvalue weighted by molar-refractivity contribution is -0.137. The number of aromatic nitrogens is 1. The fourth-order valence-corrected chi connectivity index (χ4v) is 4.82. The number of para-hydroxylation sites is 1. The van der Waals surface area contributed by atoms with Gasteiger partial charge < -0.3 is 31.1 Å². The van der Waals surface area contributed by atoms with Crippen molar-refractivity contribution in [1.82, 2.24) is 10.3 Å². The number of urea groups is 1. The Balaban J connectivity index is 1.31. The number of Topliss-reactive ketones (excluding diaryl/α,β-unsaturated/α-hetero) is 1. The molecule has 2 aromatic carbocycles. The Labute approximate surface area is 252 Å². The normalized spacial score (nSPS) is 11.2. The van der Waals surface area contributed by atoms with E-state index in [1.54, 1.807) is 47.8 Å². The van der Waals surface area contributed by atoms with E-state index < -0.39 is 18.0 Å². The van der Waals surface area contributed by atoms with Gasteiger partial charge in [0.1, 0.15) is 11.6 Å². The van der Waals surface area contributed by atoms with Gasteiger partial charge in [-0.2, -0.15) is 0 Å². The average Bonchev–Trinajstić information content (AvgIpc) is 3.53. The third-order valence-electron chi connectivity index (χ3n) is 6.39. The summed E-state index contributed by atoms with van der Waals surface area (Å²) in [5.41, 5.74) is 3.31. The van der Waals surface area contributed by atoms with E-state index in [1.165, 1.54) is 24.6 Å². The molecule has 222 valence electrons. The largest absolute Gasteiger partial charge is 0.495 e. The summed E-state index contributed by atoms with van der Waals surface area (Å²) >= 11 is 1.26. The number of hydrogen-bond donors (Lipinski definition) is 5. The number of aliphatic carboxylic acids is 1. The van der Waals surface area contributed by atoms with Crippen LogP contribution in [0.5, 0.6) is 5.75 Å². The lowest BCUT2D eigenvalue weighted by atomic mass is 10.1. The number of anilines is 3. The van der Waals surface area contributed by atoms with Gasteiger partial charge >= 0.3 is 12.0 Å². The Hall–Kier alpha value is -5.23. The van der Waals surface area contributed by atoms with Crippen molar-refractivity contribution in [3.63, 3.8) is 0 Å². The standard InChI is InChI=1S/C31H31N5O6S/c1-19-6-3-4-7-23(19)35-31(41)36-24-11-9-20(15-26(24)42-2)14-22(37)18-33-28-12-10-21(17-32-28)25(16-29(38)39)34-30(40)27-8-5-13-43-27/h3-13,15,17,25H,14,16,18H2,1-2H3,(H,32,33)(H,34,40)(H,38,39)(H2,35,36,41). The van der Waals surface area contributed by atoms with E-state index in [4.69, 9.17) is 4.74 Å². The number of rotatable bonds is 13. The highest BCUT2D eigenvalue weighted by Gasteiger charge is 2.20. The van der Waals surface area contributed by atoms with Gasteiger partial charge in [0.05, 0.1) is 36.7 Å². The number of carboxylic acids is 1. The topological polar surface area (TPSA) is 159 Å². The van der Waals surface area contributed by atoms with E-state index in [-0.39, 0.29) is 31.1 Å². The number of carbonyl (C=O) groups is 4. The Morgan fingerprint density at radius 3 is 2.44 bits per heavy atom. The molecule has 43 heavy (non-hydrogen) atoms. The van der Waals surface area contributed by atoms with Crippen LogP contribution in [0.1, 0.15) is 38.8 Å². The van der Waals surface area contributed by atoms with Gasteiger partial charge in [-0.25, -0.2) is 9.78 Å². The Morgan fingerprint density at radius 1 is 0.977 bits per heavy atom. The Kier molecular flexibility index (Phi) is 10.4. The number of aryl methyl sites for hydroxylation is 1. The van der Waals surface area contributed by atoms with Crippen LogP contribution in [0.25, 0.3) is 0 Å². The molecule has 11 nitrogen and oxygen atoms in total. The van der Waals surface area contributed by atoms with Crippen molar-refractivity contribution in [2.24, 2.45) is 0 Å². The van der Waals surface area contributed by atoms with Crippen LogP contribution >= 0.6 is 11.3 Å². The number of benzene rings is 2. The SMILES string of the molecule is COc1cc(CC(=O)CNc2ccc(C(CC(=O)O)NC(=O)c3cccs3)cn2)ccc1NC(=O)Nc1ccccc1C. The van der Waals surface area contributed by atoms with Crippen LogP contribution in [0.4, 0.5) is 22.0 Å². The molecule has 0 saturated heterocycles. The molecular weight excluding hydrogens is 570 g/mol. The van der Waals surface area contributed by atoms with E-state index in [9.17, 15) is 24.3 Å². The van der Waals surface area contributed by atoms with Gasteiger partial charge in [0.15, 0.2) is 5.78 Å². The molecule has 1 atom stereocenters. The molecule has 0 spiro atoms. The molecule has 0 radical (unpaired) electrons. The highest BCUT2D eigenvalue weighted by atomic mass is 32.1. The first kappa shape index (κ1) is 30.7. The van der Waals surface area contributed by atoms with Crippen molar-refractivity contribution >= 4 is 52.2 Å². The molecule has 0 bridgehead atoms. The maximum atomic E-state index is 12.7. The number of amides is 3. The van der Waals surface area contributed by atoms with Gasteiger partial charge in [-0.15, -0.1) is 11.3 Å². The zero-order valence-corrected chi connectivity index (χ0v) is 24.4. The smallest absolute Gasteiger partial charge is 0.323 e. The third kappa shape index (κ3) is 8.88. The minimum atomic E-state index is -1.06. The predicted molar refractivity (Wildman–Crippen MR) is 165 cm³/mol. The average molecular weight is 602 g/mol. The molecule has 0 aliphatic rings. The van der Waals surface area contributed by atoms with Gasteiger partial charge in [0.25, 0.3) is 5.91 Å². The van der Waals surface area contributed by atoms with Gasteiger partial charge in [-0.1, -0.05) is 36.4 Å². The highest BCUT2D eigenvalue weighted by molar-refractivity contribution is 7.12. The Bertz CT molecular complexity index is 1590. The van der Waals surface area contributed by atoms with Crippen molar-refractivity contribution in [2.45, 2.75) is 25.8 Å². The van der Waals surface area contributed by atoms with Crippen molar-refractivity contribution < 1.29 is 29.0 Å². The summed E-state index contributed by atoms with van der Waals surface area (Å²) in [6.45, 7) is 1.90. The Morgan fingerprint density at radius 2 is 1.77 bits per heavy atom. The number of hydrogen-bond acceptors (Lipinski definition) is 8. The molecule has 2 heterocycles. The van der Waals surface area contributed by atoms with Gasteiger partial charge in [0.2, 0.25) is 0 Å². The number of ketones is 1. The lowest BCUT2D eigenvalue weighted by Crippen LogP contribution is -2.29. The molecule has 5 N–H and O–H groups in total. The zero-order valence-electron chi connectivity index (χ0n) is 23.5. The second kappa shape index (κ2) is 14.6. The number of carbonyl (C=O) groups excluding carboxylic acids is 3. The van der Waals surface area contributed by atoms with Gasteiger partial charge in [-0.05, 0) is 59.3 Å². The fraction of sp³-hybridized carbons (Fsp3) is 0.194. The van der Waals surface area contributed by atoms with Crippen LogP contribution < -0.4 is 26.0 Å². The van der Waals surface area contributed by atoms with Crippen molar-refractivity contribution in [3.05, 3.63) is 99.9 Å². The van der Waals surface area contributed by atoms with Gasteiger partial charge in [-0.3, -0.25) is 14.4 Å². The molecule has 4 aromatic rings. The molecule has 0 saturated carbocycles. The van der Waals surface area contributed by atoms with Crippen LogP contribution in [0.2, 0.25) is 0 Å². The molecule has 0 fully saturated rings. The second-order valence-electron chi connectivity index (χ2n) is 9.58. The summed E-state index contributed by atoms with van der Waals surface area (Å²) in [4.78, 5) is 53.8. The number of nitrogens with one attached hydrogen (secondary N) is 4. The maximum absolute atomic E-state index is 12.7. The summed E-state index contributed by atoms with van der Waals surface area (Å²) < 4.78 is 5.43. The van der Waals surface area contributed by atoms with Crippen LogP contribution in [0, 0.1) is 6.92 Å². The molecule has 12 heteroatoms. The van der Waals surface area contributed by atoms with E-state index in [0.717, 1.165) is 5.56 Å². The molecule has 1 unspecified atom stereocenters. The quantitative estimate of drug-likeness (QED) is 0.139. The monoisotopic (exact) mass is 601 g/mol. The predicted octanol–water partition coefficient (Wildman–Crippen LogP) is 5.27. The molecule has 3 amide bonds. The van der Waals surface area contributed by atoms with Crippen LogP contribution in [-0.4, -0.2) is 47.4 Å². The van der Waals surface area contributed by atoms with Crippen LogP contribution in [0.3, 0.4) is 0 Å². The lowest BCUT2D eigenvalue weighted by Gasteiger charge is -2.17. The zero-order chi connectivity index (χ0) is 30.8. The highest BCUT2D eigenvalue weighted by Crippen LogP contribution is 2.26. The number of ether oxygens (including phenoxy) is 1. The number of carboxylic acid groups (broad SMARTS) is 1. The minimum Gasteiger partial charge on any atom is -0.495 e. The van der Waals surface area contributed by atoms with E-state index >= 15 is 0 Å². The van der Waals surface area contributed by atoms with Crippen molar-refractivity contribution in [3.8, 4) is 5.75 Å². The van der Waals surface area contributed by atoms with E-state index in [0.29, 0.717) is 38.9 Å². The molecule has 2 aromatic heterocycles. The van der Waals surface area contributed by atoms with E-state index in [2.05, 4.69) is 26.3 Å². The summed E-state index contributed by atoms with van der Waals surface area (Å²) in [5, 5.41) is 22.4. The summed E-state index contributed by atoms with van der Waals surface area (Å²) in [6, 6.07) is 18.0. The van der Waals surface area contributed by atoms with Crippen LogP contribution in [-0.2, 0) is 16.0 Å². The van der Waals surface area contributed by atoms with Gasteiger partial charge in [0, 0.05) is 18.3 Å². The van der Waals surface area contributed by atoms with Crippen molar-refractivity contribution in [1.29, 1.82) is 0 Å². The number of thiophene rings is 1. The van der Waals surface area contributed by atoms with E-state index in [1.807, 2.05) is 31.2 Å². The minimum absolute atomic E-state index is 0.00116. The molecule has 4 rings (SSSR count). The summed E-state index contributed by atoms with van der Waals surface area (Å²) in [5.74, 6) is -0.696. The van der Waals surface area contributed by atoms with Crippen LogP contribution in [0.15, 0.2) is 78.3 Å². The third-order valence-corrected chi connectivity index (χ3v) is 7.26. The number of nitrogens with zero attached hydrogens (tertiary/aromatic N) is 1. The summed E-state index contributed by atoms with van der Waals surface area (Å²) in [7, 11) is 1.48. The molecule has 0 aliphatic carbocycles. The first-order valence-corrected chi connectivity index (χ1v) is 14.2. The summed E-state index contributed by atoms with van der Waals surface area (Å²) in [6.07, 6.45) is 1.28. The van der Waals surface area contributed by atoms with Crippen molar-refractivity contribution in [2.75, 3.05) is 29.6 Å². The number of pyridine rings is 1.